The van der Waals surface area contributed by atoms with Crippen molar-refractivity contribution in [3.8, 4) is 0 Å². The van der Waals surface area contributed by atoms with Crippen LogP contribution in [0.4, 0.5) is 0 Å². The van der Waals surface area contributed by atoms with Crippen LogP contribution in [0.2, 0.25) is 0 Å². The van der Waals surface area contributed by atoms with Crippen LogP contribution in [0.5, 0.6) is 0 Å². The Labute approximate surface area is 142 Å². The number of thiazole rings is 1. The van der Waals surface area contributed by atoms with E-state index >= 15 is 0 Å². The fraction of sp³-hybridized carbons (Fsp3) is 0.750. The van der Waals surface area contributed by atoms with Crippen LogP contribution in [0.3, 0.4) is 0 Å². The number of rotatable bonds is 5. The van der Waals surface area contributed by atoms with Crippen molar-refractivity contribution in [1.82, 2.24) is 10.3 Å². The van der Waals surface area contributed by atoms with Crippen molar-refractivity contribution in [3.05, 3.63) is 15.6 Å². The number of fused-ring (bicyclic) bond motifs is 1. The van der Waals surface area contributed by atoms with Gasteiger partial charge in [-0.05, 0) is 51.0 Å². The minimum atomic E-state index is 0. The molecule has 0 radical (unpaired) electrons. The smallest absolute Gasteiger partial charge is 0.223 e. The first-order valence-corrected chi connectivity index (χ1v) is 9.05. The zero-order valence-corrected chi connectivity index (χ0v) is 14.6. The van der Waals surface area contributed by atoms with E-state index in [1.165, 1.54) is 34.8 Å². The molecule has 6 heteroatoms. The molecule has 0 aliphatic heterocycles. The fourth-order valence-corrected chi connectivity index (χ4v) is 4.76. The summed E-state index contributed by atoms with van der Waals surface area (Å²) in [6, 6.07) is 0. The Bertz CT molecular complexity index is 482. The van der Waals surface area contributed by atoms with Gasteiger partial charge in [0.2, 0.25) is 5.91 Å². The molecule has 1 heterocycles. The predicted molar refractivity (Wildman–Crippen MR) is 92.6 cm³/mol. The van der Waals surface area contributed by atoms with Crippen LogP contribution in [-0.2, 0) is 24.1 Å². The van der Waals surface area contributed by atoms with Crippen LogP contribution in [0.1, 0.15) is 47.7 Å². The maximum atomic E-state index is 12.2. The number of aryl methyl sites for hydroxylation is 2. The molecule has 0 aromatic carbocycles. The highest BCUT2D eigenvalue weighted by molar-refractivity contribution is 7.11. The average Bonchev–Trinajstić information content (AvgIpc) is 3.12. The normalized spacial score (nSPS) is 23.7. The van der Waals surface area contributed by atoms with Crippen LogP contribution in [0.25, 0.3) is 0 Å². The van der Waals surface area contributed by atoms with Gasteiger partial charge < -0.3 is 11.1 Å². The average molecular weight is 344 g/mol. The third kappa shape index (κ3) is 4.00. The molecular weight excluding hydrogens is 318 g/mol. The maximum absolute atomic E-state index is 12.2. The highest BCUT2D eigenvalue weighted by Gasteiger charge is 2.31. The first-order valence-electron chi connectivity index (χ1n) is 8.23. The van der Waals surface area contributed by atoms with Crippen molar-refractivity contribution in [2.24, 2.45) is 17.6 Å². The lowest BCUT2D eigenvalue weighted by molar-refractivity contribution is -0.125. The standard InChI is InChI=1S/C16H25N3OS.ClH/c17-10-11-4-3-5-12(11)16(20)18-9-8-15-19-13-6-1-2-7-14(13)21-15;/h11-12H,1-10,17H2,(H,18,20);1H/t11-,12-;/m1./s1. The van der Waals surface area contributed by atoms with Crippen LogP contribution >= 0.6 is 23.7 Å². The third-order valence-electron chi connectivity index (χ3n) is 4.83. The molecule has 1 amide bonds. The molecule has 0 bridgehead atoms. The highest BCUT2D eigenvalue weighted by atomic mass is 35.5. The van der Waals surface area contributed by atoms with E-state index in [0.29, 0.717) is 19.0 Å². The Hall–Kier alpha value is -0.650. The summed E-state index contributed by atoms with van der Waals surface area (Å²) >= 11 is 1.84. The summed E-state index contributed by atoms with van der Waals surface area (Å²) in [5.41, 5.74) is 7.06. The topological polar surface area (TPSA) is 68.0 Å². The van der Waals surface area contributed by atoms with Gasteiger partial charge in [0, 0.05) is 23.8 Å². The minimum absolute atomic E-state index is 0. The molecular formula is C16H26ClN3OS. The molecule has 0 spiro atoms. The lowest BCUT2D eigenvalue weighted by atomic mass is 9.95. The van der Waals surface area contributed by atoms with Gasteiger partial charge in [0.15, 0.2) is 0 Å². The van der Waals surface area contributed by atoms with E-state index in [0.717, 1.165) is 32.1 Å². The Morgan fingerprint density at radius 1 is 1.27 bits per heavy atom. The van der Waals surface area contributed by atoms with Gasteiger partial charge in [0.1, 0.15) is 0 Å². The van der Waals surface area contributed by atoms with E-state index < -0.39 is 0 Å². The number of halogens is 1. The Kier molecular flexibility index (Phi) is 6.66. The molecule has 22 heavy (non-hydrogen) atoms. The van der Waals surface area contributed by atoms with Crippen molar-refractivity contribution in [1.29, 1.82) is 0 Å². The first kappa shape index (κ1) is 17.7. The molecule has 124 valence electrons. The zero-order chi connectivity index (χ0) is 14.7. The van der Waals surface area contributed by atoms with Gasteiger partial charge in [0.25, 0.3) is 0 Å². The number of nitrogens with one attached hydrogen (secondary N) is 1. The van der Waals surface area contributed by atoms with Crippen molar-refractivity contribution in [2.45, 2.75) is 51.4 Å². The van der Waals surface area contributed by atoms with Gasteiger partial charge in [-0.3, -0.25) is 4.79 Å². The molecule has 2 aliphatic rings. The number of amides is 1. The molecule has 1 saturated carbocycles. The zero-order valence-electron chi connectivity index (χ0n) is 13.0. The second kappa shape index (κ2) is 8.27. The van der Waals surface area contributed by atoms with E-state index in [2.05, 4.69) is 5.32 Å². The van der Waals surface area contributed by atoms with Crippen LogP contribution in [0, 0.1) is 11.8 Å². The Balaban J connectivity index is 0.00000176. The summed E-state index contributed by atoms with van der Waals surface area (Å²) in [7, 11) is 0. The van der Waals surface area contributed by atoms with Crippen molar-refractivity contribution < 1.29 is 4.79 Å². The fourth-order valence-electron chi connectivity index (χ4n) is 3.60. The van der Waals surface area contributed by atoms with Crippen LogP contribution < -0.4 is 11.1 Å². The van der Waals surface area contributed by atoms with Gasteiger partial charge in [-0.25, -0.2) is 4.98 Å². The second-order valence-electron chi connectivity index (χ2n) is 6.26. The molecule has 0 saturated heterocycles. The maximum Gasteiger partial charge on any atom is 0.223 e. The lowest BCUT2D eigenvalue weighted by Crippen LogP contribution is -2.36. The summed E-state index contributed by atoms with van der Waals surface area (Å²) in [6.07, 6.45) is 9.01. The summed E-state index contributed by atoms with van der Waals surface area (Å²) in [5.74, 6) is 0.723. The minimum Gasteiger partial charge on any atom is -0.355 e. The van der Waals surface area contributed by atoms with Gasteiger partial charge in [-0.2, -0.15) is 0 Å². The number of nitrogens with zero attached hydrogens (tertiary/aromatic N) is 1. The number of hydrogen-bond donors (Lipinski definition) is 2. The van der Waals surface area contributed by atoms with Gasteiger partial charge in [-0.1, -0.05) is 6.42 Å². The van der Waals surface area contributed by atoms with E-state index in [4.69, 9.17) is 10.7 Å². The van der Waals surface area contributed by atoms with E-state index in [9.17, 15) is 4.79 Å². The van der Waals surface area contributed by atoms with E-state index in [1.807, 2.05) is 11.3 Å². The van der Waals surface area contributed by atoms with Crippen LogP contribution in [0.15, 0.2) is 0 Å². The number of nitrogens with two attached hydrogens (primary N) is 1. The van der Waals surface area contributed by atoms with Gasteiger partial charge in [0.05, 0.1) is 10.7 Å². The summed E-state index contributed by atoms with van der Waals surface area (Å²) in [5, 5.41) is 4.27. The monoisotopic (exact) mass is 343 g/mol. The molecule has 2 aliphatic carbocycles. The molecule has 3 N–H and O–H groups in total. The van der Waals surface area contributed by atoms with E-state index in [1.54, 1.807) is 0 Å². The second-order valence-corrected chi connectivity index (χ2v) is 7.43. The first-order chi connectivity index (χ1) is 10.3. The lowest BCUT2D eigenvalue weighted by Gasteiger charge is -2.17. The largest absolute Gasteiger partial charge is 0.355 e. The summed E-state index contributed by atoms with van der Waals surface area (Å²) in [6.45, 7) is 1.34. The SMILES string of the molecule is Cl.NC[C@H]1CCC[C@H]1C(=O)NCCc1nc2c(s1)CCCC2. The van der Waals surface area contributed by atoms with Crippen molar-refractivity contribution >= 4 is 29.7 Å². The number of hydrogen-bond acceptors (Lipinski definition) is 4. The predicted octanol–water partition coefficient (Wildman–Crippen LogP) is 2.48. The number of carbonyl (C=O) groups excluding carboxylic acids is 1. The molecule has 4 nitrogen and oxygen atoms in total. The quantitative estimate of drug-likeness (QED) is 0.863. The number of aromatic nitrogens is 1. The molecule has 3 rings (SSSR count). The molecule has 1 aromatic heterocycles. The van der Waals surface area contributed by atoms with Gasteiger partial charge >= 0.3 is 0 Å². The molecule has 1 aromatic rings. The van der Waals surface area contributed by atoms with Crippen LogP contribution in [-0.4, -0.2) is 24.0 Å². The van der Waals surface area contributed by atoms with Crippen molar-refractivity contribution in [2.75, 3.05) is 13.1 Å². The number of carbonyl (C=O) groups is 1. The summed E-state index contributed by atoms with van der Waals surface area (Å²) < 4.78 is 0. The summed E-state index contributed by atoms with van der Waals surface area (Å²) in [4.78, 5) is 18.4. The molecule has 1 fully saturated rings. The molecule has 0 unspecified atom stereocenters. The Morgan fingerprint density at radius 2 is 2.09 bits per heavy atom. The van der Waals surface area contributed by atoms with E-state index in [-0.39, 0.29) is 24.2 Å². The van der Waals surface area contributed by atoms with Crippen molar-refractivity contribution in [3.63, 3.8) is 0 Å². The Morgan fingerprint density at radius 3 is 2.86 bits per heavy atom. The highest BCUT2D eigenvalue weighted by Crippen LogP contribution is 2.31. The molecule has 2 atom stereocenters. The van der Waals surface area contributed by atoms with Gasteiger partial charge in [-0.15, -0.1) is 23.7 Å². The third-order valence-corrected chi connectivity index (χ3v) is 6.04.